The van der Waals surface area contributed by atoms with Crippen molar-refractivity contribution in [3.8, 4) is 0 Å². The Morgan fingerprint density at radius 3 is 2.83 bits per heavy atom. The number of piperazine rings is 1. The van der Waals surface area contributed by atoms with Gasteiger partial charge in [-0.2, -0.15) is 0 Å². The highest BCUT2D eigenvalue weighted by atomic mass is 79.9. The zero-order valence-electron chi connectivity index (χ0n) is 10.6. The van der Waals surface area contributed by atoms with Gasteiger partial charge in [0.1, 0.15) is 6.04 Å². The number of hydrogen-bond donors (Lipinski definition) is 1. The average molecular weight is 312 g/mol. The third-order valence-corrected chi connectivity index (χ3v) is 4.02. The van der Waals surface area contributed by atoms with Crippen LogP contribution in [0.2, 0.25) is 0 Å². The monoisotopic (exact) mass is 311 g/mol. The van der Waals surface area contributed by atoms with Gasteiger partial charge in [0, 0.05) is 29.3 Å². The van der Waals surface area contributed by atoms with Crippen LogP contribution < -0.4 is 10.6 Å². The standard InChI is InChI=1S/C13H18BrN3O/c1-9-8-17(11-5-3-4-10(14)6-11)13(18)12(7-15)16(9)2/h3-6,9,12H,7-8,15H2,1-2H3. The number of carbonyl (C=O) groups excluding carboxylic acids is 1. The lowest BCUT2D eigenvalue weighted by Crippen LogP contribution is -2.62. The molecular weight excluding hydrogens is 294 g/mol. The highest BCUT2D eigenvalue weighted by molar-refractivity contribution is 9.10. The Bertz CT molecular complexity index is 452. The number of nitrogens with zero attached hydrogens (tertiary/aromatic N) is 2. The van der Waals surface area contributed by atoms with E-state index in [1.54, 1.807) is 0 Å². The van der Waals surface area contributed by atoms with Crippen LogP contribution in [0.5, 0.6) is 0 Å². The summed E-state index contributed by atoms with van der Waals surface area (Å²) < 4.78 is 0.976. The molecule has 1 aromatic rings. The normalized spacial score (nSPS) is 25.6. The van der Waals surface area contributed by atoms with Gasteiger partial charge in [-0.25, -0.2) is 0 Å². The topological polar surface area (TPSA) is 49.6 Å². The summed E-state index contributed by atoms with van der Waals surface area (Å²) in [6.45, 7) is 3.16. The fraction of sp³-hybridized carbons (Fsp3) is 0.462. The summed E-state index contributed by atoms with van der Waals surface area (Å²) in [5, 5.41) is 0. The maximum absolute atomic E-state index is 12.4. The van der Waals surface area contributed by atoms with Crippen LogP contribution in [0.4, 0.5) is 5.69 Å². The number of hydrogen-bond acceptors (Lipinski definition) is 3. The molecular formula is C13H18BrN3O. The SMILES string of the molecule is CC1CN(c2cccc(Br)c2)C(=O)C(CN)N1C. The van der Waals surface area contributed by atoms with E-state index in [1.807, 2.05) is 36.2 Å². The number of nitrogens with two attached hydrogens (primary N) is 1. The van der Waals surface area contributed by atoms with Crippen molar-refractivity contribution in [3.05, 3.63) is 28.7 Å². The van der Waals surface area contributed by atoms with E-state index in [2.05, 4.69) is 27.8 Å². The zero-order valence-corrected chi connectivity index (χ0v) is 12.2. The number of anilines is 1. The van der Waals surface area contributed by atoms with Gasteiger partial charge in [-0.1, -0.05) is 22.0 Å². The molecule has 0 aromatic heterocycles. The molecule has 0 saturated carbocycles. The lowest BCUT2D eigenvalue weighted by atomic mass is 10.1. The van der Waals surface area contributed by atoms with Crippen LogP contribution in [-0.4, -0.2) is 43.0 Å². The molecule has 0 radical (unpaired) electrons. The van der Waals surface area contributed by atoms with E-state index in [-0.39, 0.29) is 11.9 Å². The van der Waals surface area contributed by atoms with Gasteiger partial charge in [0.05, 0.1) is 0 Å². The minimum absolute atomic E-state index is 0.0798. The Kier molecular flexibility index (Phi) is 4.04. The molecule has 2 unspecified atom stereocenters. The van der Waals surface area contributed by atoms with E-state index < -0.39 is 0 Å². The Morgan fingerprint density at radius 1 is 1.50 bits per heavy atom. The Balaban J connectivity index is 2.31. The summed E-state index contributed by atoms with van der Waals surface area (Å²) in [7, 11) is 1.96. The number of amides is 1. The number of rotatable bonds is 2. The minimum Gasteiger partial charge on any atom is -0.328 e. The second kappa shape index (κ2) is 5.38. The van der Waals surface area contributed by atoms with Crippen LogP contribution in [0.1, 0.15) is 6.92 Å². The molecule has 1 aromatic carbocycles. The van der Waals surface area contributed by atoms with Crippen LogP contribution in [0.15, 0.2) is 28.7 Å². The molecule has 1 heterocycles. The summed E-state index contributed by atoms with van der Waals surface area (Å²) in [5.41, 5.74) is 6.64. The Labute approximate surface area is 116 Å². The van der Waals surface area contributed by atoms with E-state index in [4.69, 9.17) is 5.73 Å². The van der Waals surface area contributed by atoms with Crippen molar-refractivity contribution >= 4 is 27.5 Å². The molecule has 1 amide bonds. The first-order chi connectivity index (χ1) is 8.54. The maximum Gasteiger partial charge on any atom is 0.245 e. The lowest BCUT2D eigenvalue weighted by Gasteiger charge is -2.42. The van der Waals surface area contributed by atoms with Crippen LogP contribution in [0.3, 0.4) is 0 Å². The number of carbonyl (C=O) groups is 1. The molecule has 2 rings (SSSR count). The second-order valence-corrected chi connectivity index (χ2v) is 5.61. The molecule has 1 saturated heterocycles. The molecule has 98 valence electrons. The Morgan fingerprint density at radius 2 is 2.22 bits per heavy atom. The van der Waals surface area contributed by atoms with Gasteiger partial charge in [-0.3, -0.25) is 9.69 Å². The van der Waals surface area contributed by atoms with Crippen LogP contribution in [-0.2, 0) is 4.79 Å². The average Bonchev–Trinajstić information content (AvgIpc) is 2.34. The molecule has 0 bridgehead atoms. The van der Waals surface area contributed by atoms with Crippen molar-refractivity contribution in [1.82, 2.24) is 4.90 Å². The molecule has 18 heavy (non-hydrogen) atoms. The van der Waals surface area contributed by atoms with Gasteiger partial charge >= 0.3 is 0 Å². The summed E-state index contributed by atoms with van der Waals surface area (Å²) >= 11 is 3.43. The van der Waals surface area contributed by atoms with Gasteiger partial charge in [0.2, 0.25) is 5.91 Å². The largest absolute Gasteiger partial charge is 0.328 e. The summed E-state index contributed by atoms with van der Waals surface area (Å²) in [4.78, 5) is 16.3. The minimum atomic E-state index is -0.229. The molecule has 5 heteroatoms. The first kappa shape index (κ1) is 13.5. The fourth-order valence-electron chi connectivity index (χ4n) is 2.29. The zero-order chi connectivity index (χ0) is 13.3. The summed E-state index contributed by atoms with van der Waals surface area (Å²) in [6.07, 6.45) is 0. The third-order valence-electron chi connectivity index (χ3n) is 3.53. The third kappa shape index (κ3) is 2.43. The number of benzene rings is 1. The molecule has 0 spiro atoms. The molecule has 1 fully saturated rings. The van der Waals surface area contributed by atoms with Gasteiger partial charge in [-0.05, 0) is 32.2 Å². The number of likely N-dealkylation sites (N-methyl/N-ethyl adjacent to an activating group) is 1. The van der Waals surface area contributed by atoms with E-state index in [1.165, 1.54) is 0 Å². The van der Waals surface area contributed by atoms with Crippen molar-refractivity contribution in [3.63, 3.8) is 0 Å². The molecule has 0 aliphatic carbocycles. The van der Waals surface area contributed by atoms with Gasteiger partial charge in [-0.15, -0.1) is 0 Å². The fourth-order valence-corrected chi connectivity index (χ4v) is 2.68. The van der Waals surface area contributed by atoms with Gasteiger partial charge in [0.15, 0.2) is 0 Å². The Hall–Kier alpha value is -0.910. The maximum atomic E-state index is 12.4. The van der Waals surface area contributed by atoms with Gasteiger partial charge in [0.25, 0.3) is 0 Å². The summed E-state index contributed by atoms with van der Waals surface area (Å²) in [5.74, 6) is 0.0798. The van der Waals surface area contributed by atoms with Crippen molar-refractivity contribution < 1.29 is 4.79 Å². The van der Waals surface area contributed by atoms with Crippen LogP contribution in [0, 0.1) is 0 Å². The first-order valence-electron chi connectivity index (χ1n) is 6.03. The van der Waals surface area contributed by atoms with E-state index >= 15 is 0 Å². The highest BCUT2D eigenvalue weighted by Gasteiger charge is 2.36. The molecule has 2 atom stereocenters. The second-order valence-electron chi connectivity index (χ2n) is 4.69. The first-order valence-corrected chi connectivity index (χ1v) is 6.83. The van der Waals surface area contributed by atoms with E-state index in [9.17, 15) is 4.79 Å². The van der Waals surface area contributed by atoms with E-state index in [0.717, 1.165) is 10.2 Å². The van der Waals surface area contributed by atoms with Crippen LogP contribution in [0.25, 0.3) is 0 Å². The summed E-state index contributed by atoms with van der Waals surface area (Å²) in [6, 6.07) is 7.88. The predicted octanol–water partition coefficient (Wildman–Crippen LogP) is 1.44. The highest BCUT2D eigenvalue weighted by Crippen LogP contribution is 2.25. The van der Waals surface area contributed by atoms with Crippen molar-refractivity contribution in [2.45, 2.75) is 19.0 Å². The van der Waals surface area contributed by atoms with E-state index in [0.29, 0.717) is 19.1 Å². The smallest absolute Gasteiger partial charge is 0.245 e. The quantitative estimate of drug-likeness (QED) is 0.899. The van der Waals surface area contributed by atoms with Gasteiger partial charge < -0.3 is 10.6 Å². The van der Waals surface area contributed by atoms with Crippen molar-refractivity contribution in [1.29, 1.82) is 0 Å². The molecule has 1 aliphatic rings. The number of halogens is 1. The predicted molar refractivity (Wildman–Crippen MR) is 76.6 cm³/mol. The molecule has 4 nitrogen and oxygen atoms in total. The molecule has 1 aliphatic heterocycles. The molecule has 2 N–H and O–H groups in total. The van der Waals surface area contributed by atoms with Crippen LogP contribution >= 0.6 is 15.9 Å². The lowest BCUT2D eigenvalue weighted by molar-refractivity contribution is -0.126. The van der Waals surface area contributed by atoms with Crippen molar-refractivity contribution in [2.75, 3.05) is 25.0 Å². The van der Waals surface area contributed by atoms with Crippen molar-refractivity contribution in [2.24, 2.45) is 5.73 Å².